The minimum absolute atomic E-state index is 0.0574. The number of hydrogen-bond acceptors (Lipinski definition) is 3. The Hall–Kier alpha value is -0.420. The Morgan fingerprint density at radius 3 is 2.88 bits per heavy atom. The van der Waals surface area contributed by atoms with E-state index in [0.29, 0.717) is 6.61 Å². The molecule has 5 heteroatoms. The number of methoxy groups -OCH3 is 1. The zero-order chi connectivity index (χ0) is 12.9. The molecule has 0 aliphatic carbocycles. The van der Waals surface area contributed by atoms with Crippen molar-refractivity contribution in [2.75, 3.05) is 32.6 Å². The Morgan fingerprint density at radius 1 is 1.59 bits per heavy atom. The fourth-order valence-corrected chi connectivity index (χ4v) is 2.97. The lowest BCUT2D eigenvalue weighted by Gasteiger charge is -2.37. The zero-order valence-corrected chi connectivity index (χ0v) is 12.1. The second-order valence-electron chi connectivity index (χ2n) is 5.16. The molecule has 17 heavy (non-hydrogen) atoms. The van der Waals surface area contributed by atoms with Gasteiger partial charge in [-0.2, -0.15) is 11.8 Å². The summed E-state index contributed by atoms with van der Waals surface area (Å²) < 4.78 is 5.18. The lowest BCUT2D eigenvalue weighted by Crippen LogP contribution is -2.51. The monoisotopic (exact) mass is 260 g/mol. The highest BCUT2D eigenvalue weighted by Crippen LogP contribution is 2.29. The number of hydrogen-bond donors (Lipinski definition) is 1. The minimum Gasteiger partial charge on any atom is -0.385 e. The minimum atomic E-state index is 0.0574. The highest BCUT2D eigenvalue weighted by Gasteiger charge is 2.29. The molecule has 0 aromatic carbocycles. The van der Waals surface area contributed by atoms with Crippen molar-refractivity contribution in [3.8, 4) is 0 Å². The van der Waals surface area contributed by atoms with Crippen LogP contribution >= 0.6 is 11.8 Å². The van der Waals surface area contributed by atoms with E-state index in [1.165, 1.54) is 0 Å². The van der Waals surface area contributed by atoms with Crippen LogP contribution < -0.4 is 5.32 Å². The fourth-order valence-electron chi connectivity index (χ4n) is 1.86. The van der Waals surface area contributed by atoms with Crippen molar-refractivity contribution in [1.82, 2.24) is 10.2 Å². The van der Waals surface area contributed by atoms with Crippen LogP contribution in [0.3, 0.4) is 0 Å². The molecule has 0 bridgehead atoms. The van der Waals surface area contributed by atoms with Crippen molar-refractivity contribution in [3.63, 3.8) is 0 Å². The van der Waals surface area contributed by atoms with E-state index in [2.05, 4.69) is 19.2 Å². The lowest BCUT2D eigenvalue weighted by molar-refractivity contribution is 0.173. The largest absolute Gasteiger partial charge is 0.385 e. The van der Waals surface area contributed by atoms with Crippen LogP contribution in [0.15, 0.2) is 0 Å². The topological polar surface area (TPSA) is 41.6 Å². The van der Waals surface area contributed by atoms with Crippen LogP contribution in [0.5, 0.6) is 0 Å². The van der Waals surface area contributed by atoms with Gasteiger partial charge in [0.25, 0.3) is 0 Å². The summed E-state index contributed by atoms with van der Waals surface area (Å²) in [5, 5.41) is 3.02. The molecule has 1 N–H and O–H groups in total. The maximum Gasteiger partial charge on any atom is 0.317 e. The smallest absolute Gasteiger partial charge is 0.317 e. The van der Waals surface area contributed by atoms with Gasteiger partial charge in [0.1, 0.15) is 0 Å². The summed E-state index contributed by atoms with van der Waals surface area (Å²) in [6.07, 6.45) is 0.855. The SMILES string of the molecule is COCC[C@@H](C)NC(=O)N1CCSC(C)(C)C1. The number of nitrogens with zero attached hydrogens (tertiary/aromatic N) is 1. The molecule has 1 aliphatic rings. The van der Waals surface area contributed by atoms with E-state index in [1.807, 2.05) is 23.6 Å². The van der Waals surface area contributed by atoms with Crippen molar-refractivity contribution in [3.05, 3.63) is 0 Å². The third-order valence-electron chi connectivity index (χ3n) is 2.84. The third kappa shape index (κ3) is 5.17. The first-order chi connectivity index (χ1) is 7.94. The van der Waals surface area contributed by atoms with Crippen molar-refractivity contribution in [2.24, 2.45) is 0 Å². The molecule has 1 fully saturated rings. The number of rotatable bonds is 4. The Balaban J connectivity index is 2.36. The van der Waals surface area contributed by atoms with Crippen molar-refractivity contribution >= 4 is 17.8 Å². The van der Waals surface area contributed by atoms with Gasteiger partial charge in [-0.15, -0.1) is 0 Å². The first-order valence-electron chi connectivity index (χ1n) is 6.13. The summed E-state index contributed by atoms with van der Waals surface area (Å²) in [7, 11) is 1.68. The van der Waals surface area contributed by atoms with E-state index in [0.717, 1.165) is 25.3 Å². The summed E-state index contributed by atoms with van der Waals surface area (Å²) >= 11 is 1.93. The first kappa shape index (κ1) is 14.6. The van der Waals surface area contributed by atoms with Gasteiger partial charge in [0.2, 0.25) is 0 Å². The van der Waals surface area contributed by atoms with Gasteiger partial charge in [0.05, 0.1) is 0 Å². The molecular weight excluding hydrogens is 236 g/mol. The quantitative estimate of drug-likeness (QED) is 0.840. The molecule has 1 rings (SSSR count). The van der Waals surface area contributed by atoms with Crippen LogP contribution in [0.1, 0.15) is 27.2 Å². The molecule has 0 spiro atoms. The Morgan fingerprint density at radius 2 is 2.29 bits per heavy atom. The van der Waals surface area contributed by atoms with Crippen LogP contribution in [0, 0.1) is 0 Å². The number of nitrogens with one attached hydrogen (secondary N) is 1. The standard InChI is InChI=1S/C12H24N2O2S/c1-10(5-7-16-4)13-11(15)14-6-8-17-12(2,3)9-14/h10H,5-9H2,1-4H3,(H,13,15)/t10-/m1/s1. The Labute approximate surface area is 108 Å². The van der Waals surface area contributed by atoms with Gasteiger partial charge in [-0.1, -0.05) is 0 Å². The van der Waals surface area contributed by atoms with Crippen LogP contribution in [0.25, 0.3) is 0 Å². The molecule has 1 aliphatic heterocycles. The van der Waals surface area contributed by atoms with Gasteiger partial charge < -0.3 is 15.0 Å². The first-order valence-corrected chi connectivity index (χ1v) is 7.11. The molecule has 0 saturated carbocycles. The summed E-state index contributed by atoms with van der Waals surface area (Å²) in [4.78, 5) is 13.9. The van der Waals surface area contributed by atoms with Crippen molar-refractivity contribution in [1.29, 1.82) is 0 Å². The summed E-state index contributed by atoms with van der Waals surface area (Å²) in [6.45, 7) is 8.73. The molecule has 1 heterocycles. The number of urea groups is 1. The highest BCUT2D eigenvalue weighted by molar-refractivity contribution is 8.00. The summed E-state index contributed by atoms with van der Waals surface area (Å²) in [5.41, 5.74) is 0. The molecular formula is C12H24N2O2S. The average molecular weight is 260 g/mol. The molecule has 2 amide bonds. The van der Waals surface area contributed by atoms with E-state index in [1.54, 1.807) is 7.11 Å². The summed E-state index contributed by atoms with van der Waals surface area (Å²) in [6, 6.07) is 0.224. The Bertz CT molecular complexity index is 259. The van der Waals surface area contributed by atoms with Gasteiger partial charge in [-0.05, 0) is 27.2 Å². The second kappa shape index (κ2) is 6.50. The van der Waals surface area contributed by atoms with Crippen LogP contribution in [-0.4, -0.2) is 54.3 Å². The van der Waals surface area contributed by atoms with Gasteiger partial charge in [0.15, 0.2) is 0 Å². The van der Waals surface area contributed by atoms with E-state index in [9.17, 15) is 4.79 Å². The second-order valence-corrected chi connectivity index (χ2v) is 6.96. The number of carbonyl (C=O) groups is 1. The van der Waals surface area contributed by atoms with Gasteiger partial charge >= 0.3 is 6.03 Å². The van der Waals surface area contributed by atoms with Crippen LogP contribution in [-0.2, 0) is 4.74 Å². The fraction of sp³-hybridized carbons (Fsp3) is 0.917. The van der Waals surface area contributed by atoms with E-state index >= 15 is 0 Å². The number of thioether (sulfide) groups is 1. The van der Waals surface area contributed by atoms with Crippen molar-refractivity contribution in [2.45, 2.75) is 38.0 Å². The third-order valence-corrected chi connectivity index (χ3v) is 4.13. The highest BCUT2D eigenvalue weighted by atomic mass is 32.2. The van der Waals surface area contributed by atoms with E-state index in [4.69, 9.17) is 4.74 Å². The summed E-state index contributed by atoms with van der Waals surface area (Å²) in [5.74, 6) is 1.02. The normalized spacial score (nSPS) is 21.1. The maximum atomic E-state index is 12.0. The van der Waals surface area contributed by atoms with Gasteiger partial charge in [-0.3, -0.25) is 0 Å². The Kier molecular flexibility index (Phi) is 5.59. The molecule has 0 radical (unpaired) electrons. The predicted octanol–water partition coefficient (Wildman–Crippen LogP) is 1.95. The van der Waals surface area contributed by atoms with Crippen LogP contribution in [0.4, 0.5) is 4.79 Å². The van der Waals surface area contributed by atoms with Crippen LogP contribution in [0.2, 0.25) is 0 Å². The zero-order valence-electron chi connectivity index (χ0n) is 11.3. The molecule has 0 unspecified atom stereocenters. The number of amides is 2. The van der Waals surface area contributed by atoms with Gasteiger partial charge in [-0.25, -0.2) is 4.79 Å². The predicted molar refractivity (Wildman–Crippen MR) is 72.6 cm³/mol. The van der Waals surface area contributed by atoms with E-state index < -0.39 is 0 Å². The maximum absolute atomic E-state index is 12.0. The van der Waals surface area contributed by atoms with Crippen molar-refractivity contribution < 1.29 is 9.53 Å². The molecule has 4 nitrogen and oxygen atoms in total. The van der Waals surface area contributed by atoms with Gasteiger partial charge in [0, 0.05) is 43.3 Å². The molecule has 1 atom stereocenters. The molecule has 0 aromatic rings. The average Bonchev–Trinajstić information content (AvgIpc) is 2.25. The molecule has 100 valence electrons. The van der Waals surface area contributed by atoms with E-state index in [-0.39, 0.29) is 16.8 Å². The lowest BCUT2D eigenvalue weighted by atomic mass is 10.2. The molecule has 1 saturated heterocycles. The molecule has 0 aromatic heterocycles. The number of ether oxygens (including phenoxy) is 1. The number of carbonyl (C=O) groups excluding carboxylic acids is 1.